The summed E-state index contributed by atoms with van der Waals surface area (Å²) in [5, 5.41) is -0.394. The minimum atomic E-state index is -3.17. The number of carbonyl (C=O) groups excluding carboxylic acids is 1. The molecule has 0 saturated carbocycles. The Kier molecular flexibility index (Phi) is 4.91. The van der Waals surface area contributed by atoms with Gasteiger partial charge in [-0.25, -0.2) is 8.42 Å². The molecule has 0 aromatic rings. The van der Waals surface area contributed by atoms with Crippen molar-refractivity contribution in [1.82, 2.24) is 9.21 Å². The quantitative estimate of drug-likeness (QED) is 0.641. The van der Waals surface area contributed by atoms with Gasteiger partial charge in [-0.2, -0.15) is 4.31 Å². The van der Waals surface area contributed by atoms with E-state index in [0.29, 0.717) is 26.2 Å². The lowest BCUT2D eigenvalue weighted by Gasteiger charge is -2.34. The second kappa shape index (κ2) is 5.79. The molecular formula is C10H20N2O4S. The zero-order valence-electron chi connectivity index (χ0n) is 10.5. The Morgan fingerprint density at radius 3 is 2.18 bits per heavy atom. The van der Waals surface area contributed by atoms with Gasteiger partial charge in [0, 0.05) is 26.2 Å². The summed E-state index contributed by atoms with van der Waals surface area (Å²) >= 11 is 0. The predicted molar refractivity (Wildman–Crippen MR) is 64.1 cm³/mol. The van der Waals surface area contributed by atoms with Gasteiger partial charge in [-0.3, -0.25) is 9.69 Å². The van der Waals surface area contributed by atoms with Crippen LogP contribution in [0, 0.1) is 0 Å². The van der Waals surface area contributed by atoms with Gasteiger partial charge in [0.15, 0.2) is 0 Å². The highest BCUT2D eigenvalue weighted by Gasteiger charge is 2.29. The van der Waals surface area contributed by atoms with Crippen LogP contribution in [0.5, 0.6) is 0 Å². The van der Waals surface area contributed by atoms with Gasteiger partial charge in [-0.05, 0) is 13.8 Å². The van der Waals surface area contributed by atoms with Crippen LogP contribution in [0.1, 0.15) is 13.8 Å². The van der Waals surface area contributed by atoms with Gasteiger partial charge >= 0.3 is 5.97 Å². The van der Waals surface area contributed by atoms with Gasteiger partial charge in [0.2, 0.25) is 10.0 Å². The molecule has 0 N–H and O–H groups in total. The van der Waals surface area contributed by atoms with Crippen molar-refractivity contribution in [2.24, 2.45) is 0 Å². The first-order valence-corrected chi connectivity index (χ1v) is 7.16. The Hall–Kier alpha value is -0.660. The molecule has 100 valence electrons. The highest BCUT2D eigenvalue weighted by molar-refractivity contribution is 7.89. The molecule has 17 heavy (non-hydrogen) atoms. The minimum absolute atomic E-state index is 0.228. The Morgan fingerprint density at radius 2 is 1.76 bits per heavy atom. The monoisotopic (exact) mass is 264 g/mol. The van der Waals surface area contributed by atoms with E-state index in [2.05, 4.69) is 4.74 Å². The Balaban J connectivity index is 2.49. The molecule has 0 spiro atoms. The van der Waals surface area contributed by atoms with E-state index in [1.807, 2.05) is 4.90 Å². The fourth-order valence-electron chi connectivity index (χ4n) is 1.69. The van der Waals surface area contributed by atoms with Gasteiger partial charge in [-0.1, -0.05) is 0 Å². The first-order valence-electron chi connectivity index (χ1n) is 5.66. The molecule has 0 unspecified atom stereocenters. The standard InChI is InChI=1S/C10H20N2O4S/c1-9(2)17(14,15)12-6-4-11(5-7-12)8-10(13)16-3/h9H,4-8H2,1-3H3. The summed E-state index contributed by atoms with van der Waals surface area (Å²) in [5.74, 6) is -0.287. The smallest absolute Gasteiger partial charge is 0.319 e. The van der Waals surface area contributed by atoms with Crippen molar-refractivity contribution >= 4 is 16.0 Å². The van der Waals surface area contributed by atoms with E-state index >= 15 is 0 Å². The maximum Gasteiger partial charge on any atom is 0.319 e. The van der Waals surface area contributed by atoms with Crippen LogP contribution < -0.4 is 0 Å². The number of methoxy groups -OCH3 is 1. The summed E-state index contributed by atoms with van der Waals surface area (Å²) in [7, 11) is -1.82. The zero-order valence-corrected chi connectivity index (χ0v) is 11.4. The van der Waals surface area contributed by atoms with Gasteiger partial charge in [0.05, 0.1) is 18.9 Å². The van der Waals surface area contributed by atoms with Gasteiger partial charge in [0.1, 0.15) is 0 Å². The molecule has 1 aliphatic heterocycles. The van der Waals surface area contributed by atoms with Gasteiger partial charge in [-0.15, -0.1) is 0 Å². The SMILES string of the molecule is COC(=O)CN1CCN(S(=O)(=O)C(C)C)CC1. The van der Waals surface area contributed by atoms with E-state index in [1.165, 1.54) is 11.4 Å². The van der Waals surface area contributed by atoms with Gasteiger partial charge in [0.25, 0.3) is 0 Å². The zero-order chi connectivity index (χ0) is 13.1. The molecular weight excluding hydrogens is 244 g/mol. The molecule has 0 amide bonds. The number of hydrogen-bond acceptors (Lipinski definition) is 5. The van der Waals surface area contributed by atoms with Crippen LogP contribution in [0.2, 0.25) is 0 Å². The number of esters is 1. The summed E-state index contributed by atoms with van der Waals surface area (Å²) in [6.45, 7) is 5.61. The molecule has 1 saturated heterocycles. The molecule has 1 rings (SSSR count). The maximum absolute atomic E-state index is 11.9. The van der Waals surface area contributed by atoms with E-state index < -0.39 is 15.3 Å². The number of rotatable bonds is 4. The molecule has 0 aromatic carbocycles. The second-order valence-electron chi connectivity index (χ2n) is 4.35. The number of carbonyl (C=O) groups is 1. The van der Waals surface area contributed by atoms with Crippen molar-refractivity contribution in [3.8, 4) is 0 Å². The van der Waals surface area contributed by atoms with E-state index in [9.17, 15) is 13.2 Å². The van der Waals surface area contributed by atoms with Crippen molar-refractivity contribution in [2.45, 2.75) is 19.1 Å². The van der Waals surface area contributed by atoms with E-state index in [-0.39, 0.29) is 12.5 Å². The van der Waals surface area contributed by atoms with E-state index in [4.69, 9.17) is 0 Å². The first-order chi connectivity index (χ1) is 7.87. The molecule has 1 aliphatic rings. The van der Waals surface area contributed by atoms with Crippen molar-refractivity contribution in [2.75, 3.05) is 39.8 Å². The molecule has 0 aromatic heterocycles. The predicted octanol–water partition coefficient (Wildman–Crippen LogP) is -0.485. The third kappa shape index (κ3) is 3.65. The number of piperazine rings is 1. The molecule has 0 radical (unpaired) electrons. The van der Waals surface area contributed by atoms with E-state index in [1.54, 1.807) is 13.8 Å². The molecule has 0 bridgehead atoms. The molecule has 1 heterocycles. The third-order valence-corrected chi connectivity index (χ3v) is 5.14. The number of sulfonamides is 1. The van der Waals surface area contributed by atoms with Crippen LogP contribution in [0.4, 0.5) is 0 Å². The summed E-state index contributed by atoms with van der Waals surface area (Å²) in [6, 6.07) is 0. The Bertz CT molecular complexity index is 359. The lowest BCUT2D eigenvalue weighted by Crippen LogP contribution is -2.51. The Morgan fingerprint density at radius 1 is 1.24 bits per heavy atom. The van der Waals surface area contributed by atoms with Crippen LogP contribution in [-0.2, 0) is 19.6 Å². The van der Waals surface area contributed by atoms with Crippen LogP contribution in [0.25, 0.3) is 0 Å². The third-order valence-electron chi connectivity index (χ3n) is 2.87. The fourth-order valence-corrected chi connectivity index (χ4v) is 2.96. The lowest BCUT2D eigenvalue weighted by molar-refractivity contribution is -0.142. The number of ether oxygens (including phenoxy) is 1. The molecule has 0 atom stereocenters. The minimum Gasteiger partial charge on any atom is -0.468 e. The summed E-state index contributed by atoms with van der Waals surface area (Å²) in [5.41, 5.74) is 0. The van der Waals surface area contributed by atoms with Crippen LogP contribution in [-0.4, -0.2) is 68.7 Å². The number of nitrogens with zero attached hydrogens (tertiary/aromatic N) is 2. The fraction of sp³-hybridized carbons (Fsp3) is 0.900. The van der Waals surface area contributed by atoms with Crippen molar-refractivity contribution in [3.05, 3.63) is 0 Å². The van der Waals surface area contributed by atoms with Crippen LogP contribution in [0.15, 0.2) is 0 Å². The Labute approximate surface area is 103 Å². The second-order valence-corrected chi connectivity index (χ2v) is 6.83. The summed E-state index contributed by atoms with van der Waals surface area (Å²) in [4.78, 5) is 13.0. The topological polar surface area (TPSA) is 66.9 Å². The normalized spacial score (nSPS) is 19.5. The van der Waals surface area contributed by atoms with Crippen molar-refractivity contribution in [1.29, 1.82) is 0 Å². The summed E-state index contributed by atoms with van der Waals surface area (Å²) < 4.78 is 29.8. The highest BCUT2D eigenvalue weighted by atomic mass is 32.2. The maximum atomic E-state index is 11.9. The average molecular weight is 264 g/mol. The van der Waals surface area contributed by atoms with Crippen molar-refractivity contribution in [3.63, 3.8) is 0 Å². The van der Waals surface area contributed by atoms with Gasteiger partial charge < -0.3 is 4.74 Å². The highest BCUT2D eigenvalue weighted by Crippen LogP contribution is 2.12. The summed E-state index contributed by atoms with van der Waals surface area (Å²) in [6.07, 6.45) is 0. The molecule has 7 heteroatoms. The lowest BCUT2D eigenvalue weighted by atomic mass is 10.3. The molecule has 6 nitrogen and oxygen atoms in total. The number of hydrogen-bond donors (Lipinski definition) is 0. The first kappa shape index (κ1) is 14.4. The van der Waals surface area contributed by atoms with E-state index in [0.717, 1.165) is 0 Å². The molecule has 0 aliphatic carbocycles. The van der Waals surface area contributed by atoms with Crippen LogP contribution in [0.3, 0.4) is 0 Å². The molecule has 1 fully saturated rings. The average Bonchev–Trinajstić information content (AvgIpc) is 2.29. The van der Waals surface area contributed by atoms with Crippen LogP contribution >= 0.6 is 0 Å². The largest absolute Gasteiger partial charge is 0.468 e. The van der Waals surface area contributed by atoms with Crippen molar-refractivity contribution < 1.29 is 17.9 Å².